The van der Waals surface area contributed by atoms with Crippen molar-refractivity contribution in [1.29, 1.82) is 0 Å². The molecule has 0 radical (unpaired) electrons. The molecule has 1 saturated heterocycles. The number of nitrogen functional groups attached to an aromatic ring is 1. The second kappa shape index (κ2) is 5.15. The Balaban J connectivity index is 2.00. The van der Waals surface area contributed by atoms with Gasteiger partial charge in [-0.05, 0) is 0 Å². The van der Waals surface area contributed by atoms with E-state index in [0.717, 1.165) is 0 Å². The van der Waals surface area contributed by atoms with Gasteiger partial charge in [-0.1, -0.05) is 0 Å². The van der Waals surface area contributed by atoms with Gasteiger partial charge in [-0.15, -0.1) is 0 Å². The molecule has 1 aliphatic rings. The van der Waals surface area contributed by atoms with E-state index in [4.69, 9.17) is 19.5 Å². The van der Waals surface area contributed by atoms with Crippen molar-refractivity contribution in [1.82, 2.24) is 14.5 Å². The van der Waals surface area contributed by atoms with Crippen molar-refractivity contribution in [2.24, 2.45) is 0 Å². The Morgan fingerprint density at radius 3 is 3.06 bits per heavy atom. The standard InChI is InChI=1S/C8H13N4O5P/c1-15-18(14)5-16-6(3-17-18)2-12-4-10-7(9)11-8(12)13/h4,6H,2-3,5H2,1H3,(H2,9,11,13)/t6-,18?/m0/s1. The number of nitrogens with two attached hydrogens (primary N) is 1. The zero-order valence-corrected chi connectivity index (χ0v) is 10.6. The SMILES string of the molecule is COP1(=O)CO[C@@H](Cn2cnc(N)nc2=O)CO1. The molecule has 2 heterocycles. The number of rotatable bonds is 3. The second-order valence-electron chi connectivity index (χ2n) is 3.66. The van der Waals surface area contributed by atoms with Gasteiger partial charge in [0.15, 0.2) is 0 Å². The van der Waals surface area contributed by atoms with Crippen molar-refractivity contribution in [2.45, 2.75) is 12.6 Å². The zero-order chi connectivity index (χ0) is 13.2. The van der Waals surface area contributed by atoms with Crippen LogP contribution in [0.4, 0.5) is 5.95 Å². The largest absolute Gasteiger partial charge is 0.368 e. The van der Waals surface area contributed by atoms with E-state index >= 15 is 0 Å². The van der Waals surface area contributed by atoms with E-state index in [1.54, 1.807) is 0 Å². The van der Waals surface area contributed by atoms with Crippen molar-refractivity contribution in [2.75, 3.05) is 25.8 Å². The molecule has 2 atom stereocenters. The smallest absolute Gasteiger partial charge is 0.355 e. The molecule has 2 N–H and O–H groups in total. The molecule has 1 aromatic heterocycles. The molecule has 0 spiro atoms. The van der Waals surface area contributed by atoms with Gasteiger partial charge in [0.2, 0.25) is 5.95 Å². The van der Waals surface area contributed by atoms with E-state index in [9.17, 15) is 9.36 Å². The van der Waals surface area contributed by atoms with E-state index in [-0.39, 0.29) is 25.4 Å². The van der Waals surface area contributed by atoms with Gasteiger partial charge in [0, 0.05) is 7.11 Å². The summed E-state index contributed by atoms with van der Waals surface area (Å²) >= 11 is 0. The number of nitrogens with zero attached hydrogens (tertiary/aromatic N) is 3. The van der Waals surface area contributed by atoms with Gasteiger partial charge in [0.25, 0.3) is 0 Å². The quantitative estimate of drug-likeness (QED) is 0.729. The zero-order valence-electron chi connectivity index (χ0n) is 9.68. The van der Waals surface area contributed by atoms with Gasteiger partial charge in [0.05, 0.1) is 13.2 Å². The maximum atomic E-state index is 11.6. The first kappa shape index (κ1) is 13.2. The predicted molar refractivity (Wildman–Crippen MR) is 61.0 cm³/mol. The fourth-order valence-corrected chi connectivity index (χ4v) is 2.48. The Kier molecular flexibility index (Phi) is 3.76. The number of hydrogen-bond acceptors (Lipinski definition) is 8. The number of ether oxygens (including phenoxy) is 1. The van der Waals surface area contributed by atoms with Crippen LogP contribution in [-0.4, -0.2) is 40.7 Å². The molecule has 18 heavy (non-hydrogen) atoms. The van der Waals surface area contributed by atoms with Gasteiger partial charge in [-0.25, -0.2) is 9.78 Å². The lowest BCUT2D eigenvalue weighted by Gasteiger charge is -2.28. The van der Waals surface area contributed by atoms with Crippen LogP contribution in [0.2, 0.25) is 0 Å². The lowest BCUT2D eigenvalue weighted by atomic mass is 10.4. The molecule has 1 aromatic rings. The van der Waals surface area contributed by atoms with E-state index < -0.39 is 19.4 Å². The summed E-state index contributed by atoms with van der Waals surface area (Å²) in [5.74, 6) is -0.0825. The summed E-state index contributed by atoms with van der Waals surface area (Å²) in [6, 6.07) is 0. The summed E-state index contributed by atoms with van der Waals surface area (Å²) in [6.07, 6.45) is 0.726. The van der Waals surface area contributed by atoms with Crippen LogP contribution in [0.3, 0.4) is 0 Å². The number of aromatic nitrogens is 3. The van der Waals surface area contributed by atoms with Crippen molar-refractivity contribution in [3.63, 3.8) is 0 Å². The Bertz CT molecular complexity index is 520. The fraction of sp³-hybridized carbons (Fsp3) is 0.625. The minimum atomic E-state index is -3.12. The maximum Gasteiger partial charge on any atom is 0.355 e. The van der Waals surface area contributed by atoms with E-state index in [2.05, 4.69) is 9.97 Å². The summed E-state index contributed by atoms with van der Waals surface area (Å²) in [5, 5.41) is 0. The molecule has 9 nitrogen and oxygen atoms in total. The predicted octanol–water partition coefficient (Wildman–Crippen LogP) is -0.567. The minimum Gasteiger partial charge on any atom is -0.368 e. The summed E-state index contributed by atoms with van der Waals surface area (Å²) < 4.78 is 28.0. The van der Waals surface area contributed by atoms with Gasteiger partial charge in [0.1, 0.15) is 18.8 Å². The lowest BCUT2D eigenvalue weighted by Crippen LogP contribution is -2.35. The first-order valence-electron chi connectivity index (χ1n) is 5.12. The van der Waals surface area contributed by atoms with Gasteiger partial charge >= 0.3 is 13.3 Å². The molecule has 0 aliphatic carbocycles. The minimum absolute atomic E-state index is 0.0714. The van der Waals surface area contributed by atoms with Crippen LogP contribution in [0.25, 0.3) is 0 Å². The lowest BCUT2D eigenvalue weighted by molar-refractivity contribution is -0.0117. The Morgan fingerprint density at radius 2 is 2.50 bits per heavy atom. The second-order valence-corrected chi connectivity index (χ2v) is 5.76. The van der Waals surface area contributed by atoms with Crippen LogP contribution in [0, 0.1) is 0 Å². The molecule has 1 unspecified atom stereocenters. The van der Waals surface area contributed by atoms with Crippen molar-refractivity contribution >= 4 is 13.5 Å². The highest BCUT2D eigenvalue weighted by molar-refractivity contribution is 7.53. The summed E-state index contributed by atoms with van der Waals surface area (Å²) in [7, 11) is -1.82. The average Bonchev–Trinajstić information content (AvgIpc) is 2.36. The first-order chi connectivity index (χ1) is 8.52. The first-order valence-corrected chi connectivity index (χ1v) is 6.85. The van der Waals surface area contributed by atoms with Crippen molar-refractivity contribution in [3.05, 3.63) is 16.8 Å². The van der Waals surface area contributed by atoms with Crippen LogP contribution in [0.15, 0.2) is 11.1 Å². The van der Waals surface area contributed by atoms with Crippen LogP contribution in [-0.2, 0) is 24.9 Å². The van der Waals surface area contributed by atoms with Gasteiger partial charge in [-0.2, -0.15) is 4.98 Å². The van der Waals surface area contributed by atoms with Gasteiger partial charge < -0.3 is 19.5 Å². The maximum absolute atomic E-state index is 11.6. The topological polar surface area (TPSA) is 119 Å². The molecular weight excluding hydrogens is 263 g/mol. The summed E-state index contributed by atoms with van der Waals surface area (Å²) in [5.41, 5.74) is 4.75. The molecule has 1 fully saturated rings. The van der Waals surface area contributed by atoms with Crippen molar-refractivity contribution in [3.8, 4) is 0 Å². The molecule has 2 rings (SSSR count). The Labute approximate surface area is 102 Å². The third-order valence-corrected chi connectivity index (χ3v) is 3.95. The highest BCUT2D eigenvalue weighted by atomic mass is 31.2. The van der Waals surface area contributed by atoms with E-state index in [0.29, 0.717) is 0 Å². The summed E-state index contributed by atoms with van der Waals surface area (Å²) in [4.78, 5) is 18.6. The Morgan fingerprint density at radius 1 is 1.72 bits per heavy atom. The molecular formula is C8H13N4O5P. The highest BCUT2D eigenvalue weighted by Gasteiger charge is 2.32. The van der Waals surface area contributed by atoms with Crippen LogP contribution in [0.1, 0.15) is 0 Å². The molecule has 0 aromatic carbocycles. The fourth-order valence-electron chi connectivity index (χ4n) is 1.40. The summed E-state index contributed by atoms with van der Waals surface area (Å²) in [6.45, 7) is 0.269. The molecule has 100 valence electrons. The van der Waals surface area contributed by atoms with Crippen LogP contribution < -0.4 is 11.4 Å². The molecule has 0 saturated carbocycles. The Hall–Kier alpha value is -1.28. The number of anilines is 1. The normalized spacial score (nSPS) is 28.2. The third-order valence-electron chi connectivity index (χ3n) is 2.39. The van der Waals surface area contributed by atoms with Gasteiger partial charge in [-0.3, -0.25) is 9.13 Å². The van der Waals surface area contributed by atoms with E-state index in [1.165, 1.54) is 18.0 Å². The third kappa shape index (κ3) is 2.94. The van der Waals surface area contributed by atoms with Crippen LogP contribution >= 0.6 is 7.60 Å². The molecule has 0 bridgehead atoms. The highest BCUT2D eigenvalue weighted by Crippen LogP contribution is 2.49. The molecule has 1 aliphatic heterocycles. The average molecular weight is 276 g/mol. The monoisotopic (exact) mass is 276 g/mol. The van der Waals surface area contributed by atoms with E-state index in [1.807, 2.05) is 0 Å². The number of hydrogen-bond donors (Lipinski definition) is 1. The van der Waals surface area contributed by atoms with Crippen molar-refractivity contribution < 1.29 is 18.3 Å². The van der Waals surface area contributed by atoms with Crippen LogP contribution in [0.5, 0.6) is 0 Å². The molecule has 10 heteroatoms. The molecule has 0 amide bonds.